The summed E-state index contributed by atoms with van der Waals surface area (Å²) in [6.07, 6.45) is 2.69. The Morgan fingerprint density at radius 3 is 2.44 bits per heavy atom. The lowest BCUT2D eigenvalue weighted by Gasteiger charge is -2.01. The number of nitrogens with one attached hydrogen (secondary N) is 1. The van der Waals surface area contributed by atoms with Crippen molar-refractivity contribution in [1.82, 2.24) is 4.98 Å². The zero-order valence-electron chi connectivity index (χ0n) is 9.14. The molecule has 7 nitrogen and oxygen atoms in total. The molecule has 0 saturated heterocycles. The van der Waals surface area contributed by atoms with E-state index in [9.17, 15) is 4.79 Å². The number of rotatable bonds is 2. The van der Waals surface area contributed by atoms with Crippen LogP contribution < -0.4 is 17.1 Å². The van der Waals surface area contributed by atoms with E-state index in [2.05, 4.69) is 15.5 Å². The van der Waals surface area contributed by atoms with Gasteiger partial charge in [-0.05, 0) is 19.9 Å². The Hall–Kier alpha value is -2.15. The van der Waals surface area contributed by atoms with Crippen LogP contribution in [0.5, 0.6) is 0 Å². The molecule has 1 rings (SSSR count). The van der Waals surface area contributed by atoms with Crippen molar-refractivity contribution >= 4 is 17.4 Å². The van der Waals surface area contributed by atoms with Crippen LogP contribution >= 0.6 is 0 Å². The quantitative estimate of drug-likeness (QED) is 0.328. The third-order valence-corrected chi connectivity index (χ3v) is 1.47. The third-order valence-electron chi connectivity index (χ3n) is 1.47. The molecule has 0 unspecified atom stereocenters. The Morgan fingerprint density at radius 1 is 1.56 bits per heavy atom. The summed E-state index contributed by atoms with van der Waals surface area (Å²) in [6.45, 7) is 3.69. The molecule has 0 aliphatic rings. The SMILES string of the molecule is CC(C)=NN.NNc1ccncc1C(=O)O. The van der Waals surface area contributed by atoms with Gasteiger partial charge in [0.05, 0.1) is 5.69 Å². The van der Waals surface area contributed by atoms with Crippen LogP contribution in [-0.2, 0) is 0 Å². The number of hydrogen-bond donors (Lipinski definition) is 4. The van der Waals surface area contributed by atoms with E-state index in [4.69, 9.17) is 16.8 Å². The Labute approximate surface area is 93.1 Å². The zero-order valence-corrected chi connectivity index (χ0v) is 9.14. The maximum Gasteiger partial charge on any atom is 0.339 e. The normalized spacial score (nSPS) is 8.44. The molecule has 7 heteroatoms. The van der Waals surface area contributed by atoms with Gasteiger partial charge in [-0.2, -0.15) is 5.10 Å². The molecule has 16 heavy (non-hydrogen) atoms. The van der Waals surface area contributed by atoms with E-state index >= 15 is 0 Å². The molecule has 1 aromatic rings. The fraction of sp³-hybridized carbons (Fsp3) is 0.222. The number of nitrogen functional groups attached to an aromatic ring is 1. The van der Waals surface area contributed by atoms with Crippen LogP contribution in [0.3, 0.4) is 0 Å². The Bertz CT molecular complexity index is 374. The van der Waals surface area contributed by atoms with Crippen molar-refractivity contribution in [3.8, 4) is 0 Å². The predicted octanol–water partition coefficient (Wildman–Crippen LogP) is 0.406. The molecule has 1 aromatic heterocycles. The van der Waals surface area contributed by atoms with Crippen LogP contribution in [0, 0.1) is 0 Å². The highest BCUT2D eigenvalue weighted by Crippen LogP contribution is 2.10. The third kappa shape index (κ3) is 4.91. The minimum Gasteiger partial charge on any atom is -0.478 e. The predicted molar refractivity (Wildman–Crippen MR) is 62.0 cm³/mol. The number of carbonyl (C=O) groups is 1. The standard InChI is InChI=1S/C6H7N3O2.C3H8N2/c7-9-5-1-2-8-3-4(5)6(10)11;1-3(2)5-4/h1-3H,7H2,(H,8,9)(H,10,11);4H2,1-2H3. The van der Waals surface area contributed by atoms with E-state index in [1.807, 2.05) is 13.8 Å². The molecule has 0 fully saturated rings. The molecule has 1 heterocycles. The van der Waals surface area contributed by atoms with Gasteiger partial charge in [-0.25, -0.2) is 4.79 Å². The van der Waals surface area contributed by atoms with Crippen molar-refractivity contribution in [1.29, 1.82) is 0 Å². The molecular weight excluding hydrogens is 210 g/mol. The van der Waals surface area contributed by atoms with E-state index in [-0.39, 0.29) is 5.56 Å². The summed E-state index contributed by atoms with van der Waals surface area (Å²) in [7, 11) is 0. The van der Waals surface area contributed by atoms with Crippen molar-refractivity contribution in [2.24, 2.45) is 16.8 Å². The first-order valence-electron chi connectivity index (χ1n) is 4.38. The molecule has 0 aliphatic heterocycles. The molecule has 6 N–H and O–H groups in total. The number of pyridine rings is 1. The van der Waals surface area contributed by atoms with Crippen LogP contribution in [-0.4, -0.2) is 21.8 Å². The molecule has 0 atom stereocenters. The molecule has 0 spiro atoms. The van der Waals surface area contributed by atoms with Crippen LogP contribution in [0.15, 0.2) is 23.6 Å². The largest absolute Gasteiger partial charge is 0.478 e. The number of nitrogens with zero attached hydrogens (tertiary/aromatic N) is 2. The van der Waals surface area contributed by atoms with Crippen molar-refractivity contribution in [2.75, 3.05) is 5.43 Å². The number of hydrazone groups is 1. The molecule has 0 amide bonds. The minimum absolute atomic E-state index is 0.0648. The fourth-order valence-corrected chi connectivity index (χ4v) is 0.691. The highest BCUT2D eigenvalue weighted by atomic mass is 16.4. The number of carboxylic acid groups (broad SMARTS) is 1. The molecule has 88 valence electrons. The summed E-state index contributed by atoms with van der Waals surface area (Å²) in [4.78, 5) is 14.1. The first kappa shape index (κ1) is 13.8. The van der Waals surface area contributed by atoms with Crippen LogP contribution in [0.2, 0.25) is 0 Å². The molecule has 0 aliphatic carbocycles. The van der Waals surface area contributed by atoms with Gasteiger partial charge in [0.15, 0.2) is 0 Å². The average Bonchev–Trinajstić information content (AvgIpc) is 2.29. The summed E-state index contributed by atoms with van der Waals surface area (Å²) in [6, 6.07) is 1.49. The lowest BCUT2D eigenvalue weighted by molar-refractivity contribution is 0.0697. The van der Waals surface area contributed by atoms with Gasteiger partial charge in [0.2, 0.25) is 0 Å². The first-order chi connectivity index (χ1) is 7.52. The lowest BCUT2D eigenvalue weighted by atomic mass is 10.2. The van der Waals surface area contributed by atoms with Crippen LogP contribution in [0.25, 0.3) is 0 Å². The van der Waals surface area contributed by atoms with E-state index in [0.717, 1.165) is 5.71 Å². The maximum absolute atomic E-state index is 10.4. The molecular formula is C9H15N5O2. The molecule has 0 aromatic carbocycles. The van der Waals surface area contributed by atoms with Crippen LogP contribution in [0.1, 0.15) is 24.2 Å². The average molecular weight is 225 g/mol. The molecule has 0 saturated carbocycles. The first-order valence-corrected chi connectivity index (χ1v) is 4.38. The number of aromatic nitrogens is 1. The van der Waals surface area contributed by atoms with E-state index < -0.39 is 5.97 Å². The number of anilines is 1. The maximum atomic E-state index is 10.4. The Morgan fingerprint density at radius 2 is 2.12 bits per heavy atom. The van der Waals surface area contributed by atoms with Crippen molar-refractivity contribution in [3.05, 3.63) is 24.0 Å². The topological polar surface area (TPSA) is 127 Å². The fourth-order valence-electron chi connectivity index (χ4n) is 0.691. The molecule has 0 radical (unpaired) electrons. The number of nitrogens with two attached hydrogens (primary N) is 2. The van der Waals surface area contributed by atoms with Gasteiger partial charge in [0, 0.05) is 18.1 Å². The Kier molecular flexibility index (Phi) is 6.22. The second kappa shape index (κ2) is 7.18. The van der Waals surface area contributed by atoms with E-state index in [1.54, 1.807) is 0 Å². The second-order valence-electron chi connectivity index (χ2n) is 2.95. The van der Waals surface area contributed by atoms with Crippen molar-refractivity contribution < 1.29 is 9.90 Å². The van der Waals surface area contributed by atoms with Gasteiger partial charge in [-0.1, -0.05) is 0 Å². The van der Waals surface area contributed by atoms with Gasteiger partial charge < -0.3 is 16.4 Å². The van der Waals surface area contributed by atoms with Crippen molar-refractivity contribution in [3.63, 3.8) is 0 Å². The zero-order chi connectivity index (χ0) is 12.6. The van der Waals surface area contributed by atoms with Gasteiger partial charge in [-0.3, -0.25) is 10.8 Å². The Balaban J connectivity index is 0.000000385. The monoisotopic (exact) mass is 225 g/mol. The highest BCUT2D eigenvalue weighted by Gasteiger charge is 2.07. The number of hydrazine groups is 1. The van der Waals surface area contributed by atoms with Gasteiger partial charge >= 0.3 is 5.97 Å². The summed E-state index contributed by atoms with van der Waals surface area (Å²) in [5.74, 6) is 8.76. The number of carboxylic acids is 1. The number of hydrogen-bond acceptors (Lipinski definition) is 6. The van der Waals surface area contributed by atoms with Crippen LogP contribution in [0.4, 0.5) is 5.69 Å². The summed E-state index contributed by atoms with van der Waals surface area (Å²) >= 11 is 0. The van der Waals surface area contributed by atoms with Gasteiger partial charge in [-0.15, -0.1) is 0 Å². The molecule has 0 bridgehead atoms. The minimum atomic E-state index is -1.05. The summed E-state index contributed by atoms with van der Waals surface area (Å²) in [5, 5.41) is 11.9. The van der Waals surface area contributed by atoms with Gasteiger partial charge in [0.1, 0.15) is 5.56 Å². The summed E-state index contributed by atoms with van der Waals surface area (Å²) in [5.41, 5.74) is 3.58. The van der Waals surface area contributed by atoms with E-state index in [0.29, 0.717) is 5.69 Å². The van der Waals surface area contributed by atoms with E-state index in [1.165, 1.54) is 18.5 Å². The second-order valence-corrected chi connectivity index (χ2v) is 2.95. The van der Waals surface area contributed by atoms with Crippen molar-refractivity contribution in [2.45, 2.75) is 13.8 Å². The smallest absolute Gasteiger partial charge is 0.339 e. The highest BCUT2D eigenvalue weighted by molar-refractivity contribution is 5.93. The summed E-state index contributed by atoms with van der Waals surface area (Å²) < 4.78 is 0. The number of aromatic carboxylic acids is 1. The van der Waals surface area contributed by atoms with Gasteiger partial charge in [0.25, 0.3) is 0 Å². The lowest BCUT2D eigenvalue weighted by Crippen LogP contribution is -2.11.